The number of carbonyl (C=O) groups excluding carboxylic acids is 1. The summed E-state index contributed by atoms with van der Waals surface area (Å²) in [5.41, 5.74) is 1.57. The molecule has 6 nitrogen and oxygen atoms in total. The molecule has 9 heteroatoms. The van der Waals surface area contributed by atoms with Crippen LogP contribution in [-0.2, 0) is 32.3 Å². The average molecular weight is 704 g/mol. The van der Waals surface area contributed by atoms with Gasteiger partial charge < -0.3 is 27.3 Å². The molecule has 35 heavy (non-hydrogen) atoms. The summed E-state index contributed by atoms with van der Waals surface area (Å²) in [7, 11) is 4.27. The van der Waals surface area contributed by atoms with Crippen LogP contribution in [0.3, 0.4) is 0 Å². The standard InChI is InChI=1S/C19H20Cl2N2O2.C6H14N2.CH3.Pt/c1-12-6-8-23(11-12)17(24)10-14-9-15(5-7-22-14)25-16-4-3-13(2)18(20)19(16)21;1-8(2)6-3-4-7-5-6;;/h3-5,7,9,12H,6,8,10-11H2,1-2H3;6-7H,3-5H2,1-2H3;1H3;/q;;-1;/t12-;6-;;/m11../s1. The van der Waals surface area contributed by atoms with Crippen molar-refractivity contribution in [1.82, 2.24) is 20.1 Å². The zero-order valence-corrected chi connectivity index (χ0v) is 25.0. The van der Waals surface area contributed by atoms with E-state index in [1.54, 1.807) is 24.4 Å². The van der Waals surface area contributed by atoms with Gasteiger partial charge in [0.1, 0.15) is 16.5 Å². The Morgan fingerprint density at radius 1 is 1.23 bits per heavy atom. The van der Waals surface area contributed by atoms with E-state index >= 15 is 0 Å². The van der Waals surface area contributed by atoms with Gasteiger partial charge in [0.25, 0.3) is 0 Å². The predicted molar refractivity (Wildman–Crippen MR) is 141 cm³/mol. The van der Waals surface area contributed by atoms with E-state index in [9.17, 15) is 4.79 Å². The van der Waals surface area contributed by atoms with Gasteiger partial charge in [-0.15, -0.1) is 0 Å². The third kappa shape index (κ3) is 9.33. The zero-order valence-electron chi connectivity index (χ0n) is 21.2. The summed E-state index contributed by atoms with van der Waals surface area (Å²) in [6, 6.07) is 7.91. The summed E-state index contributed by atoms with van der Waals surface area (Å²) in [5, 5.41) is 4.17. The van der Waals surface area contributed by atoms with Crippen molar-refractivity contribution in [2.75, 3.05) is 40.3 Å². The third-order valence-corrected chi connectivity index (χ3v) is 7.09. The molecular weight excluding hydrogens is 666 g/mol. The van der Waals surface area contributed by atoms with Crippen molar-refractivity contribution in [1.29, 1.82) is 0 Å². The van der Waals surface area contributed by atoms with Gasteiger partial charge in [0, 0.05) is 59.0 Å². The third-order valence-electron chi connectivity index (χ3n) is 6.13. The van der Waals surface area contributed by atoms with Crippen LogP contribution in [0.25, 0.3) is 0 Å². The maximum atomic E-state index is 12.4. The number of aryl methyl sites for hydroxylation is 1. The summed E-state index contributed by atoms with van der Waals surface area (Å²) >= 11 is 12.4. The van der Waals surface area contributed by atoms with Crippen LogP contribution < -0.4 is 10.1 Å². The van der Waals surface area contributed by atoms with Crippen LogP contribution in [0.2, 0.25) is 10.0 Å². The Hall–Kier alpha value is -1.17. The number of hydrogen-bond donors (Lipinski definition) is 1. The van der Waals surface area contributed by atoms with Crippen molar-refractivity contribution in [3.63, 3.8) is 0 Å². The van der Waals surface area contributed by atoms with Crippen LogP contribution in [0, 0.1) is 20.3 Å². The quantitative estimate of drug-likeness (QED) is 0.432. The van der Waals surface area contributed by atoms with Gasteiger partial charge in [-0.25, -0.2) is 0 Å². The van der Waals surface area contributed by atoms with Crippen LogP contribution >= 0.6 is 23.2 Å². The Labute approximate surface area is 235 Å². The van der Waals surface area contributed by atoms with Crippen molar-refractivity contribution < 1.29 is 30.6 Å². The number of pyridine rings is 1. The summed E-state index contributed by atoms with van der Waals surface area (Å²) in [6.07, 6.45) is 4.28. The Morgan fingerprint density at radius 3 is 2.54 bits per heavy atom. The van der Waals surface area contributed by atoms with Gasteiger partial charge in [-0.05, 0) is 64.0 Å². The summed E-state index contributed by atoms with van der Waals surface area (Å²) in [6.45, 7) is 8.07. The van der Waals surface area contributed by atoms with Crippen molar-refractivity contribution >= 4 is 29.1 Å². The van der Waals surface area contributed by atoms with Gasteiger partial charge in [-0.3, -0.25) is 9.78 Å². The maximum Gasteiger partial charge on any atom is 0.228 e. The zero-order chi connectivity index (χ0) is 24.0. The molecule has 2 aliphatic rings. The molecule has 0 spiro atoms. The number of benzene rings is 1. The summed E-state index contributed by atoms with van der Waals surface area (Å²) in [5.74, 6) is 1.73. The normalized spacial score (nSPS) is 18.9. The van der Waals surface area contributed by atoms with E-state index in [-0.39, 0.29) is 40.8 Å². The number of amides is 1. The predicted octanol–water partition coefficient (Wildman–Crippen LogP) is 5.26. The number of halogens is 2. The van der Waals surface area contributed by atoms with E-state index in [0.29, 0.717) is 33.2 Å². The van der Waals surface area contributed by atoms with Crippen molar-refractivity contribution in [2.45, 2.75) is 39.2 Å². The van der Waals surface area contributed by atoms with Crippen LogP contribution in [0.4, 0.5) is 0 Å². The van der Waals surface area contributed by atoms with Gasteiger partial charge in [0.2, 0.25) is 5.91 Å². The molecule has 4 rings (SSSR count). The fourth-order valence-electron chi connectivity index (χ4n) is 3.96. The molecule has 2 aliphatic heterocycles. The Bertz CT molecular complexity index is 955. The molecule has 0 aliphatic carbocycles. The van der Waals surface area contributed by atoms with Gasteiger partial charge in [-0.1, -0.05) is 36.2 Å². The molecule has 1 aromatic carbocycles. The molecule has 1 amide bonds. The molecule has 2 saturated heterocycles. The maximum absolute atomic E-state index is 12.4. The number of likely N-dealkylation sites (N-methyl/N-ethyl adjacent to an activating group) is 1. The molecule has 2 fully saturated rings. The van der Waals surface area contributed by atoms with E-state index < -0.39 is 0 Å². The molecule has 198 valence electrons. The number of ether oxygens (including phenoxy) is 1. The van der Waals surface area contributed by atoms with Crippen molar-refractivity contribution in [3.05, 3.63) is 59.2 Å². The molecule has 2 atom stereocenters. The minimum Gasteiger partial charge on any atom is -0.456 e. The largest absolute Gasteiger partial charge is 0.456 e. The first-order chi connectivity index (χ1) is 15.7. The number of nitrogens with zero attached hydrogens (tertiary/aromatic N) is 3. The molecular formula is C26H37Cl2N4O2Pt-. The molecule has 0 saturated carbocycles. The van der Waals surface area contributed by atoms with E-state index in [4.69, 9.17) is 27.9 Å². The first-order valence-corrected chi connectivity index (χ1v) is 12.2. The minimum atomic E-state index is 0. The fraction of sp³-hybridized carbons (Fsp3) is 0.500. The van der Waals surface area contributed by atoms with E-state index in [1.807, 2.05) is 17.9 Å². The second-order valence-corrected chi connectivity index (χ2v) is 9.87. The molecule has 1 N–H and O–H groups in total. The van der Waals surface area contributed by atoms with Crippen molar-refractivity contribution in [2.24, 2.45) is 5.92 Å². The second-order valence-electron chi connectivity index (χ2n) is 9.11. The van der Waals surface area contributed by atoms with E-state index in [0.717, 1.165) is 31.1 Å². The fourth-order valence-corrected chi connectivity index (χ4v) is 4.37. The second kappa shape index (κ2) is 15.2. The first-order valence-electron chi connectivity index (χ1n) is 11.5. The Kier molecular flexibility index (Phi) is 13.8. The number of nitrogens with one attached hydrogen (secondary N) is 1. The first kappa shape index (κ1) is 31.9. The van der Waals surface area contributed by atoms with Gasteiger partial charge >= 0.3 is 0 Å². The molecule has 0 unspecified atom stereocenters. The molecule has 0 radical (unpaired) electrons. The smallest absolute Gasteiger partial charge is 0.228 e. The van der Waals surface area contributed by atoms with Gasteiger partial charge in [-0.2, -0.15) is 0 Å². The molecule has 2 aromatic rings. The Morgan fingerprint density at radius 2 is 1.97 bits per heavy atom. The molecule has 1 aromatic heterocycles. The Balaban J connectivity index is 0.000000524. The molecule has 0 bridgehead atoms. The number of hydrogen-bond acceptors (Lipinski definition) is 5. The van der Waals surface area contributed by atoms with Crippen molar-refractivity contribution in [3.8, 4) is 11.5 Å². The monoisotopic (exact) mass is 702 g/mol. The van der Waals surface area contributed by atoms with Gasteiger partial charge in [0.05, 0.1) is 17.1 Å². The summed E-state index contributed by atoms with van der Waals surface area (Å²) < 4.78 is 5.83. The van der Waals surface area contributed by atoms with Crippen LogP contribution in [0.1, 0.15) is 31.0 Å². The number of aromatic nitrogens is 1. The minimum absolute atomic E-state index is 0. The number of likely N-dealkylation sites (tertiary alicyclic amines) is 1. The SMILES string of the molecule is CN(C)[C@@H]1CCNC1.Cc1ccc(Oc2ccnc(CC(=O)N3CC[C@@H](C)C3)c2)c(Cl)c1Cl.[CH3-].[Pt]. The molecule has 3 heterocycles. The van der Waals surface area contributed by atoms with Crippen LogP contribution in [-0.4, -0.2) is 67.0 Å². The summed E-state index contributed by atoms with van der Waals surface area (Å²) in [4.78, 5) is 20.8. The number of carbonyl (C=O) groups is 1. The average Bonchev–Trinajstić information content (AvgIpc) is 3.47. The van der Waals surface area contributed by atoms with E-state index in [2.05, 4.69) is 36.2 Å². The van der Waals surface area contributed by atoms with Gasteiger partial charge in [0.15, 0.2) is 0 Å². The number of rotatable bonds is 5. The van der Waals surface area contributed by atoms with E-state index in [1.165, 1.54) is 19.5 Å². The van der Waals surface area contributed by atoms with Crippen LogP contribution in [0.5, 0.6) is 11.5 Å². The van der Waals surface area contributed by atoms with Crippen LogP contribution in [0.15, 0.2) is 30.5 Å². The topological polar surface area (TPSA) is 57.7 Å².